The number of benzene rings is 2. The molecule has 0 fully saturated rings. The van der Waals surface area contributed by atoms with Crippen LogP contribution in [0.4, 0.5) is 15.8 Å². The van der Waals surface area contributed by atoms with Gasteiger partial charge in [-0.2, -0.15) is 0 Å². The first-order chi connectivity index (χ1) is 9.47. The number of hydrogen-bond donors (Lipinski definition) is 1. The molecule has 4 nitrogen and oxygen atoms in total. The van der Waals surface area contributed by atoms with Crippen molar-refractivity contribution in [2.24, 2.45) is 0 Å². The minimum absolute atomic E-state index is 0.0234. The van der Waals surface area contributed by atoms with E-state index < -0.39 is 10.7 Å². The third-order valence-electron chi connectivity index (χ3n) is 2.90. The zero-order valence-electron chi connectivity index (χ0n) is 10.7. The van der Waals surface area contributed by atoms with Crippen LogP contribution in [0.2, 0.25) is 5.02 Å². The second kappa shape index (κ2) is 5.88. The molecule has 0 aliphatic heterocycles. The molecule has 2 aromatic rings. The van der Waals surface area contributed by atoms with Crippen LogP contribution in [0, 0.1) is 22.9 Å². The molecule has 0 heterocycles. The molecule has 1 N–H and O–H groups in total. The summed E-state index contributed by atoms with van der Waals surface area (Å²) in [5.74, 6) is -0.470. The van der Waals surface area contributed by atoms with Crippen molar-refractivity contribution in [3.8, 4) is 0 Å². The topological polar surface area (TPSA) is 55.2 Å². The summed E-state index contributed by atoms with van der Waals surface area (Å²) in [5.41, 5.74) is 2.38. The van der Waals surface area contributed by atoms with Crippen molar-refractivity contribution < 1.29 is 9.31 Å². The lowest BCUT2D eigenvalue weighted by Crippen LogP contribution is -2.02. The minimum atomic E-state index is -0.470. The van der Waals surface area contributed by atoms with Crippen molar-refractivity contribution in [2.45, 2.75) is 13.5 Å². The fourth-order valence-electron chi connectivity index (χ4n) is 1.76. The Labute approximate surface area is 120 Å². The van der Waals surface area contributed by atoms with E-state index in [-0.39, 0.29) is 10.7 Å². The van der Waals surface area contributed by atoms with Crippen LogP contribution in [0.1, 0.15) is 11.1 Å². The van der Waals surface area contributed by atoms with E-state index in [1.54, 1.807) is 12.1 Å². The number of nitro groups is 1. The second-order valence-electron chi connectivity index (χ2n) is 4.36. The van der Waals surface area contributed by atoms with Crippen LogP contribution >= 0.6 is 11.6 Å². The third kappa shape index (κ3) is 3.24. The van der Waals surface area contributed by atoms with Gasteiger partial charge < -0.3 is 5.32 Å². The number of nitrogens with one attached hydrogen (secondary N) is 1. The quantitative estimate of drug-likeness (QED) is 0.675. The van der Waals surface area contributed by atoms with Crippen molar-refractivity contribution >= 4 is 23.0 Å². The zero-order valence-corrected chi connectivity index (χ0v) is 11.4. The second-order valence-corrected chi connectivity index (χ2v) is 4.77. The molecule has 2 rings (SSSR count). The van der Waals surface area contributed by atoms with E-state index in [0.717, 1.165) is 11.1 Å². The molecular weight excluding hydrogens is 283 g/mol. The van der Waals surface area contributed by atoms with E-state index in [0.29, 0.717) is 12.2 Å². The Hall–Kier alpha value is -2.14. The maximum atomic E-state index is 13.0. The lowest BCUT2D eigenvalue weighted by Gasteiger charge is -2.10. The molecule has 0 radical (unpaired) electrons. The molecule has 104 valence electrons. The van der Waals surface area contributed by atoms with E-state index in [9.17, 15) is 14.5 Å². The highest BCUT2D eigenvalue weighted by Gasteiger charge is 2.08. The largest absolute Gasteiger partial charge is 0.381 e. The zero-order chi connectivity index (χ0) is 14.7. The Balaban J connectivity index is 2.15. The predicted octanol–water partition coefficient (Wildman–Crippen LogP) is 4.31. The monoisotopic (exact) mass is 294 g/mol. The van der Waals surface area contributed by atoms with Gasteiger partial charge in [-0.25, -0.2) is 4.39 Å². The van der Waals surface area contributed by atoms with Crippen molar-refractivity contribution in [2.75, 3.05) is 5.32 Å². The molecule has 0 aliphatic rings. The highest BCUT2D eigenvalue weighted by atomic mass is 35.5. The summed E-state index contributed by atoms with van der Waals surface area (Å²) in [6, 6.07) is 9.03. The molecule has 0 atom stereocenters. The Morgan fingerprint density at radius 3 is 2.70 bits per heavy atom. The number of rotatable bonds is 4. The van der Waals surface area contributed by atoms with Crippen molar-refractivity contribution in [1.29, 1.82) is 0 Å². The van der Waals surface area contributed by atoms with Gasteiger partial charge in [0, 0.05) is 24.4 Å². The van der Waals surface area contributed by atoms with Gasteiger partial charge in [-0.1, -0.05) is 23.7 Å². The SMILES string of the molecule is Cc1ccc([N+](=O)[O-])cc1NCc1ccc(F)c(Cl)c1. The number of non-ortho nitro benzene ring substituents is 1. The Morgan fingerprint density at radius 2 is 2.05 bits per heavy atom. The van der Waals surface area contributed by atoms with E-state index >= 15 is 0 Å². The van der Waals surface area contributed by atoms with Gasteiger partial charge in [-0.05, 0) is 30.2 Å². The predicted molar refractivity (Wildman–Crippen MR) is 76.6 cm³/mol. The first-order valence-corrected chi connectivity index (χ1v) is 6.28. The highest BCUT2D eigenvalue weighted by Crippen LogP contribution is 2.23. The lowest BCUT2D eigenvalue weighted by molar-refractivity contribution is -0.384. The maximum Gasteiger partial charge on any atom is 0.271 e. The standard InChI is InChI=1S/C14H12ClFN2O2/c1-9-2-4-11(18(19)20)7-14(9)17-8-10-3-5-13(16)12(15)6-10/h2-7,17H,8H2,1H3. The average Bonchev–Trinajstić information content (AvgIpc) is 2.41. The normalized spacial score (nSPS) is 10.3. The first kappa shape index (κ1) is 14.3. The van der Waals surface area contributed by atoms with Gasteiger partial charge in [0.2, 0.25) is 0 Å². The Morgan fingerprint density at radius 1 is 1.30 bits per heavy atom. The van der Waals surface area contributed by atoms with Gasteiger partial charge in [0.15, 0.2) is 0 Å². The van der Waals surface area contributed by atoms with Crippen molar-refractivity contribution in [3.63, 3.8) is 0 Å². The fourth-order valence-corrected chi connectivity index (χ4v) is 1.96. The number of nitro benzene ring substituents is 1. The van der Waals surface area contributed by atoms with Crippen LogP contribution in [0.25, 0.3) is 0 Å². The van der Waals surface area contributed by atoms with Crippen LogP contribution in [0.5, 0.6) is 0 Å². The van der Waals surface area contributed by atoms with Crippen LogP contribution in [0.15, 0.2) is 36.4 Å². The minimum Gasteiger partial charge on any atom is -0.381 e. The van der Waals surface area contributed by atoms with Crippen LogP contribution in [0.3, 0.4) is 0 Å². The third-order valence-corrected chi connectivity index (χ3v) is 3.19. The molecule has 6 heteroatoms. The van der Waals surface area contributed by atoms with Gasteiger partial charge in [-0.3, -0.25) is 10.1 Å². The number of aryl methyl sites for hydroxylation is 1. The fraction of sp³-hybridized carbons (Fsp3) is 0.143. The van der Waals surface area contributed by atoms with Gasteiger partial charge in [0.25, 0.3) is 5.69 Å². The van der Waals surface area contributed by atoms with Crippen LogP contribution in [-0.2, 0) is 6.54 Å². The molecular formula is C14H12ClFN2O2. The van der Waals surface area contributed by atoms with E-state index in [4.69, 9.17) is 11.6 Å². The van der Waals surface area contributed by atoms with E-state index in [1.165, 1.54) is 24.3 Å². The van der Waals surface area contributed by atoms with Crippen molar-refractivity contribution in [3.05, 3.63) is 68.5 Å². The number of hydrogen-bond acceptors (Lipinski definition) is 3. The van der Waals surface area contributed by atoms with Gasteiger partial charge in [0.05, 0.1) is 9.95 Å². The summed E-state index contributed by atoms with van der Waals surface area (Å²) in [5, 5.41) is 13.9. The first-order valence-electron chi connectivity index (χ1n) is 5.90. The molecule has 0 aromatic heterocycles. The molecule has 0 saturated carbocycles. The average molecular weight is 295 g/mol. The maximum absolute atomic E-state index is 13.0. The lowest BCUT2D eigenvalue weighted by atomic mass is 10.1. The highest BCUT2D eigenvalue weighted by molar-refractivity contribution is 6.30. The molecule has 2 aromatic carbocycles. The van der Waals surface area contributed by atoms with E-state index in [1.807, 2.05) is 6.92 Å². The molecule has 0 bridgehead atoms. The van der Waals surface area contributed by atoms with Gasteiger partial charge in [-0.15, -0.1) is 0 Å². The summed E-state index contributed by atoms with van der Waals surface area (Å²) >= 11 is 5.70. The number of anilines is 1. The van der Waals surface area contributed by atoms with Crippen LogP contribution in [-0.4, -0.2) is 4.92 Å². The summed E-state index contributed by atoms with van der Waals surface area (Å²) < 4.78 is 13.0. The summed E-state index contributed by atoms with van der Waals surface area (Å²) in [6.07, 6.45) is 0. The molecule has 20 heavy (non-hydrogen) atoms. The number of nitrogens with zero attached hydrogens (tertiary/aromatic N) is 1. The molecule has 0 unspecified atom stereocenters. The molecule has 0 amide bonds. The van der Waals surface area contributed by atoms with Gasteiger partial charge in [0.1, 0.15) is 5.82 Å². The molecule has 0 saturated heterocycles. The Kier molecular flexibility index (Phi) is 4.20. The molecule has 0 spiro atoms. The van der Waals surface area contributed by atoms with Gasteiger partial charge >= 0.3 is 0 Å². The number of halogens is 2. The summed E-state index contributed by atoms with van der Waals surface area (Å²) in [7, 11) is 0. The Bertz CT molecular complexity index is 662. The van der Waals surface area contributed by atoms with Crippen LogP contribution < -0.4 is 5.32 Å². The smallest absolute Gasteiger partial charge is 0.271 e. The van der Waals surface area contributed by atoms with Crippen molar-refractivity contribution in [1.82, 2.24) is 0 Å². The molecule has 0 aliphatic carbocycles. The summed E-state index contributed by atoms with van der Waals surface area (Å²) in [4.78, 5) is 10.3. The summed E-state index contributed by atoms with van der Waals surface area (Å²) in [6.45, 7) is 2.26. The van der Waals surface area contributed by atoms with E-state index in [2.05, 4.69) is 5.32 Å².